The average molecular weight is 243 g/mol. The number of rotatable bonds is 2. The van der Waals surface area contributed by atoms with Gasteiger partial charge >= 0.3 is 0 Å². The lowest BCUT2D eigenvalue weighted by Gasteiger charge is -2.24. The van der Waals surface area contributed by atoms with Gasteiger partial charge in [0.1, 0.15) is 5.82 Å². The van der Waals surface area contributed by atoms with E-state index in [4.69, 9.17) is 11.6 Å². The number of nitrogens with one attached hydrogen (secondary N) is 2. The van der Waals surface area contributed by atoms with Crippen LogP contribution in [0.25, 0.3) is 0 Å². The normalized spacial score (nSPS) is 20.6. The van der Waals surface area contributed by atoms with Gasteiger partial charge in [-0.1, -0.05) is 17.7 Å². The first-order valence-electron chi connectivity index (χ1n) is 5.09. The first-order valence-corrected chi connectivity index (χ1v) is 5.47. The topological polar surface area (TPSA) is 41.1 Å². The Balaban J connectivity index is 2.03. The van der Waals surface area contributed by atoms with Crippen molar-refractivity contribution in [3.05, 3.63) is 34.6 Å². The monoisotopic (exact) mass is 242 g/mol. The molecule has 0 aliphatic carbocycles. The second-order valence-corrected chi connectivity index (χ2v) is 4.26. The summed E-state index contributed by atoms with van der Waals surface area (Å²) < 4.78 is 12.9. The molecule has 1 aromatic rings. The molecule has 0 spiro atoms. The summed E-state index contributed by atoms with van der Waals surface area (Å²) in [5.74, 6) is -0.430. The Kier molecular flexibility index (Phi) is 3.41. The summed E-state index contributed by atoms with van der Waals surface area (Å²) in [6.45, 7) is 1.08. The van der Waals surface area contributed by atoms with Crippen LogP contribution in [0.15, 0.2) is 18.2 Å². The van der Waals surface area contributed by atoms with Crippen molar-refractivity contribution in [1.82, 2.24) is 10.6 Å². The van der Waals surface area contributed by atoms with Crippen molar-refractivity contribution in [3.8, 4) is 0 Å². The summed E-state index contributed by atoms with van der Waals surface area (Å²) in [5, 5.41) is 5.99. The van der Waals surface area contributed by atoms with Crippen molar-refractivity contribution in [2.24, 2.45) is 0 Å². The number of halogens is 2. The summed E-state index contributed by atoms with van der Waals surface area (Å²) in [4.78, 5) is 11.1. The molecule has 86 valence electrons. The largest absolute Gasteiger partial charge is 0.351 e. The highest BCUT2D eigenvalue weighted by Gasteiger charge is 2.17. The van der Waals surface area contributed by atoms with Crippen LogP contribution in [0.3, 0.4) is 0 Å². The molecule has 1 aromatic carbocycles. The fourth-order valence-electron chi connectivity index (χ4n) is 1.76. The molecule has 1 amide bonds. The van der Waals surface area contributed by atoms with Crippen molar-refractivity contribution < 1.29 is 9.18 Å². The molecule has 1 saturated heterocycles. The van der Waals surface area contributed by atoms with Crippen molar-refractivity contribution in [1.29, 1.82) is 0 Å². The fourth-order valence-corrected chi connectivity index (χ4v) is 1.97. The van der Waals surface area contributed by atoms with E-state index in [0.29, 0.717) is 13.0 Å². The van der Waals surface area contributed by atoms with E-state index in [9.17, 15) is 9.18 Å². The zero-order valence-corrected chi connectivity index (χ0v) is 9.35. The van der Waals surface area contributed by atoms with Crippen molar-refractivity contribution in [3.63, 3.8) is 0 Å². The molecule has 5 heteroatoms. The summed E-state index contributed by atoms with van der Waals surface area (Å²) in [6.07, 6.45) is 0.652. The van der Waals surface area contributed by atoms with Crippen molar-refractivity contribution in [2.45, 2.75) is 12.5 Å². The van der Waals surface area contributed by atoms with E-state index in [1.807, 2.05) is 0 Å². The second kappa shape index (κ2) is 4.80. The fraction of sp³-hybridized carbons (Fsp3) is 0.364. The summed E-state index contributed by atoms with van der Waals surface area (Å²) in [6, 6.07) is 4.66. The predicted molar refractivity (Wildman–Crippen MR) is 59.9 cm³/mol. The maximum absolute atomic E-state index is 12.9. The molecule has 1 aliphatic heterocycles. The van der Waals surface area contributed by atoms with Crippen LogP contribution in [0.5, 0.6) is 0 Å². The zero-order chi connectivity index (χ0) is 11.5. The molecular formula is C11H12ClFN2O. The first-order chi connectivity index (χ1) is 7.65. The number of benzene rings is 1. The van der Waals surface area contributed by atoms with Gasteiger partial charge in [0.15, 0.2) is 0 Å². The lowest BCUT2D eigenvalue weighted by molar-refractivity contribution is -0.122. The second-order valence-electron chi connectivity index (χ2n) is 3.85. The van der Waals surface area contributed by atoms with Gasteiger partial charge in [0.05, 0.1) is 11.6 Å². The molecule has 3 nitrogen and oxygen atoms in total. The van der Waals surface area contributed by atoms with Crippen LogP contribution in [-0.2, 0) is 11.2 Å². The Bertz CT molecular complexity index is 411. The van der Waals surface area contributed by atoms with Crippen LogP contribution in [0.2, 0.25) is 5.02 Å². The van der Waals surface area contributed by atoms with Gasteiger partial charge in [-0.3, -0.25) is 4.79 Å². The molecule has 1 unspecified atom stereocenters. The van der Waals surface area contributed by atoms with Crippen LogP contribution in [0.1, 0.15) is 5.56 Å². The molecule has 1 atom stereocenters. The lowest BCUT2D eigenvalue weighted by Crippen LogP contribution is -2.52. The molecule has 1 aliphatic rings. The average Bonchev–Trinajstić information content (AvgIpc) is 2.24. The lowest BCUT2D eigenvalue weighted by atomic mass is 10.0. The number of hydrogen-bond acceptors (Lipinski definition) is 2. The molecule has 0 bridgehead atoms. The number of piperazine rings is 1. The standard InChI is InChI=1S/C11H12ClFN2O/c12-9-4-7(1-2-10(9)13)3-8-5-14-6-11(16)15-8/h1-2,4,8,14H,3,5-6H2,(H,15,16). The van der Waals surface area contributed by atoms with E-state index in [2.05, 4.69) is 10.6 Å². The van der Waals surface area contributed by atoms with Gasteiger partial charge in [-0.2, -0.15) is 0 Å². The van der Waals surface area contributed by atoms with Gasteiger partial charge in [-0.15, -0.1) is 0 Å². The minimum atomic E-state index is -0.420. The minimum Gasteiger partial charge on any atom is -0.351 e. The molecule has 0 radical (unpaired) electrons. The molecule has 0 aromatic heterocycles. The van der Waals surface area contributed by atoms with Gasteiger partial charge in [0.2, 0.25) is 5.91 Å². The highest BCUT2D eigenvalue weighted by Crippen LogP contribution is 2.17. The van der Waals surface area contributed by atoms with E-state index < -0.39 is 5.82 Å². The molecule has 0 saturated carbocycles. The third kappa shape index (κ3) is 2.71. The Morgan fingerprint density at radius 1 is 1.50 bits per heavy atom. The number of carbonyl (C=O) groups is 1. The van der Waals surface area contributed by atoms with E-state index >= 15 is 0 Å². The molecule has 1 fully saturated rings. The summed E-state index contributed by atoms with van der Waals surface area (Å²) in [7, 11) is 0. The Morgan fingerprint density at radius 3 is 3.00 bits per heavy atom. The van der Waals surface area contributed by atoms with Crippen LogP contribution >= 0.6 is 11.6 Å². The third-order valence-electron chi connectivity index (χ3n) is 2.51. The smallest absolute Gasteiger partial charge is 0.234 e. The Hall–Kier alpha value is -1.13. The quantitative estimate of drug-likeness (QED) is 0.816. The summed E-state index contributed by atoms with van der Waals surface area (Å²) in [5.41, 5.74) is 0.917. The molecular weight excluding hydrogens is 231 g/mol. The van der Waals surface area contributed by atoms with Gasteiger partial charge in [-0.05, 0) is 24.1 Å². The van der Waals surface area contributed by atoms with Crippen molar-refractivity contribution in [2.75, 3.05) is 13.1 Å². The molecule has 2 N–H and O–H groups in total. The summed E-state index contributed by atoms with van der Waals surface area (Å²) >= 11 is 5.68. The van der Waals surface area contributed by atoms with Gasteiger partial charge < -0.3 is 10.6 Å². The van der Waals surface area contributed by atoms with Crippen LogP contribution in [0.4, 0.5) is 4.39 Å². The number of hydrogen-bond donors (Lipinski definition) is 2. The number of amides is 1. The highest BCUT2D eigenvalue weighted by molar-refractivity contribution is 6.30. The predicted octanol–water partition coefficient (Wildman–Crippen LogP) is 1.11. The van der Waals surface area contributed by atoms with E-state index in [1.54, 1.807) is 12.1 Å². The minimum absolute atomic E-state index is 0.00976. The molecule has 16 heavy (non-hydrogen) atoms. The van der Waals surface area contributed by atoms with Gasteiger partial charge in [0.25, 0.3) is 0 Å². The Morgan fingerprint density at radius 2 is 2.31 bits per heavy atom. The van der Waals surface area contributed by atoms with Crippen LogP contribution in [0, 0.1) is 5.82 Å². The van der Waals surface area contributed by atoms with Crippen molar-refractivity contribution >= 4 is 17.5 Å². The highest BCUT2D eigenvalue weighted by atomic mass is 35.5. The molecule has 1 heterocycles. The maximum Gasteiger partial charge on any atom is 0.234 e. The van der Waals surface area contributed by atoms with Crippen LogP contribution < -0.4 is 10.6 Å². The van der Waals surface area contributed by atoms with Crippen LogP contribution in [-0.4, -0.2) is 25.0 Å². The van der Waals surface area contributed by atoms with Gasteiger partial charge in [0, 0.05) is 12.6 Å². The van der Waals surface area contributed by atoms with E-state index in [0.717, 1.165) is 12.1 Å². The molecule has 2 rings (SSSR count). The zero-order valence-electron chi connectivity index (χ0n) is 8.59. The van der Waals surface area contributed by atoms with E-state index in [1.165, 1.54) is 6.07 Å². The third-order valence-corrected chi connectivity index (χ3v) is 2.80. The SMILES string of the molecule is O=C1CNCC(Cc2ccc(F)c(Cl)c2)N1. The van der Waals surface area contributed by atoms with E-state index in [-0.39, 0.29) is 17.0 Å². The Labute approximate surface area is 98.0 Å². The first kappa shape index (κ1) is 11.4. The van der Waals surface area contributed by atoms with Gasteiger partial charge in [-0.25, -0.2) is 4.39 Å². The number of carbonyl (C=O) groups excluding carboxylic acids is 1. The maximum atomic E-state index is 12.9.